The second-order valence-electron chi connectivity index (χ2n) is 5.22. The lowest BCUT2D eigenvalue weighted by atomic mass is 10.1. The van der Waals surface area contributed by atoms with Crippen LogP contribution in [0.1, 0.15) is 28.4 Å². The van der Waals surface area contributed by atoms with Crippen LogP contribution < -0.4 is 4.74 Å². The fourth-order valence-electron chi connectivity index (χ4n) is 2.25. The van der Waals surface area contributed by atoms with Gasteiger partial charge in [-0.1, -0.05) is 18.2 Å². The van der Waals surface area contributed by atoms with Crippen LogP contribution in [-0.2, 0) is 16.9 Å². The third-order valence-corrected chi connectivity index (χ3v) is 4.47. The van der Waals surface area contributed by atoms with Gasteiger partial charge in [0.25, 0.3) is 0 Å². The Morgan fingerprint density at radius 3 is 2.54 bits per heavy atom. The van der Waals surface area contributed by atoms with Crippen LogP contribution in [0.15, 0.2) is 60.0 Å². The summed E-state index contributed by atoms with van der Waals surface area (Å²) >= 11 is 1.69. The summed E-state index contributed by atoms with van der Waals surface area (Å²) in [6.45, 7) is 5.96. The fraction of sp³-hybridized carbons (Fsp3) is 0.250. The molecule has 0 unspecified atom stereocenters. The summed E-state index contributed by atoms with van der Waals surface area (Å²) in [6.07, 6.45) is 2.56. The SMILES string of the molecule is C=CCc1cc(SCc2ccc(OC)cc2)cc(C(=O)OCC)c1. The summed E-state index contributed by atoms with van der Waals surface area (Å²) in [5.74, 6) is 1.39. The molecule has 0 saturated carbocycles. The quantitative estimate of drug-likeness (QED) is 0.389. The van der Waals surface area contributed by atoms with E-state index in [0.29, 0.717) is 12.2 Å². The number of hydrogen-bond donors (Lipinski definition) is 0. The van der Waals surface area contributed by atoms with Crippen molar-refractivity contribution < 1.29 is 14.3 Å². The Labute approximate surface area is 147 Å². The molecule has 0 aliphatic rings. The zero-order valence-corrected chi connectivity index (χ0v) is 14.9. The van der Waals surface area contributed by atoms with Crippen LogP contribution in [0, 0.1) is 0 Å². The summed E-state index contributed by atoms with van der Waals surface area (Å²) in [6, 6.07) is 13.9. The van der Waals surface area contributed by atoms with Gasteiger partial charge in [-0.25, -0.2) is 4.79 Å². The third-order valence-electron chi connectivity index (χ3n) is 3.42. The Kier molecular flexibility index (Phi) is 6.94. The van der Waals surface area contributed by atoms with E-state index in [1.54, 1.807) is 18.9 Å². The first-order valence-corrected chi connectivity index (χ1v) is 8.82. The van der Waals surface area contributed by atoms with Gasteiger partial charge < -0.3 is 9.47 Å². The van der Waals surface area contributed by atoms with Crippen molar-refractivity contribution in [3.63, 3.8) is 0 Å². The molecule has 24 heavy (non-hydrogen) atoms. The number of rotatable bonds is 8. The number of hydrogen-bond acceptors (Lipinski definition) is 4. The highest BCUT2D eigenvalue weighted by Gasteiger charge is 2.10. The normalized spacial score (nSPS) is 10.2. The maximum absolute atomic E-state index is 12.0. The largest absolute Gasteiger partial charge is 0.497 e. The number of ether oxygens (including phenoxy) is 2. The van der Waals surface area contributed by atoms with Crippen LogP contribution in [0.4, 0.5) is 0 Å². The summed E-state index contributed by atoms with van der Waals surface area (Å²) in [5.41, 5.74) is 2.86. The third kappa shape index (κ3) is 5.17. The van der Waals surface area contributed by atoms with Crippen LogP contribution in [0.5, 0.6) is 5.75 Å². The van der Waals surface area contributed by atoms with Crippen molar-refractivity contribution in [2.75, 3.05) is 13.7 Å². The maximum Gasteiger partial charge on any atom is 0.338 e. The van der Waals surface area contributed by atoms with Crippen molar-refractivity contribution in [1.82, 2.24) is 0 Å². The summed E-state index contributed by atoms with van der Waals surface area (Å²) in [5, 5.41) is 0. The van der Waals surface area contributed by atoms with Gasteiger partial charge in [-0.2, -0.15) is 0 Å². The van der Waals surface area contributed by atoms with Gasteiger partial charge in [0.2, 0.25) is 0 Å². The number of carbonyl (C=O) groups is 1. The van der Waals surface area contributed by atoms with Crippen LogP contribution in [0.3, 0.4) is 0 Å². The van der Waals surface area contributed by atoms with Gasteiger partial charge in [0.15, 0.2) is 0 Å². The Morgan fingerprint density at radius 1 is 1.17 bits per heavy atom. The molecule has 0 spiro atoms. The molecule has 0 aromatic heterocycles. The maximum atomic E-state index is 12.0. The van der Waals surface area contributed by atoms with Crippen molar-refractivity contribution >= 4 is 17.7 Å². The van der Waals surface area contributed by atoms with Crippen molar-refractivity contribution in [2.45, 2.75) is 24.0 Å². The molecule has 3 nitrogen and oxygen atoms in total. The van der Waals surface area contributed by atoms with Gasteiger partial charge in [-0.3, -0.25) is 0 Å². The van der Waals surface area contributed by atoms with Gasteiger partial charge in [-0.15, -0.1) is 18.3 Å². The standard InChI is InChI=1S/C20H22O3S/c1-4-6-16-11-17(20(21)23-5-2)13-19(12-16)24-14-15-7-9-18(22-3)10-8-15/h4,7-13H,1,5-6,14H2,2-3H3. The molecule has 126 valence electrons. The average molecular weight is 342 g/mol. The van der Waals surface area contributed by atoms with E-state index in [1.807, 2.05) is 49.4 Å². The predicted octanol–water partition coefficient (Wildman–Crippen LogP) is 4.89. The van der Waals surface area contributed by atoms with Gasteiger partial charge >= 0.3 is 5.97 Å². The van der Waals surface area contributed by atoms with Crippen molar-refractivity contribution in [3.05, 3.63) is 71.8 Å². The molecule has 0 radical (unpaired) electrons. The molecule has 0 amide bonds. The monoisotopic (exact) mass is 342 g/mol. The molecule has 2 aromatic rings. The molecule has 0 aliphatic carbocycles. The molecule has 4 heteroatoms. The topological polar surface area (TPSA) is 35.5 Å². The Balaban J connectivity index is 2.14. The lowest BCUT2D eigenvalue weighted by molar-refractivity contribution is 0.0526. The molecule has 0 bridgehead atoms. The highest BCUT2D eigenvalue weighted by Crippen LogP contribution is 2.26. The molecular weight excluding hydrogens is 320 g/mol. The molecule has 0 saturated heterocycles. The summed E-state index contributed by atoms with van der Waals surface area (Å²) in [4.78, 5) is 13.1. The highest BCUT2D eigenvalue weighted by atomic mass is 32.2. The Hall–Kier alpha value is -2.20. The number of benzene rings is 2. The average Bonchev–Trinajstić information content (AvgIpc) is 2.61. The van der Waals surface area contributed by atoms with Crippen LogP contribution in [-0.4, -0.2) is 19.7 Å². The lowest BCUT2D eigenvalue weighted by Crippen LogP contribution is -2.05. The Bertz CT molecular complexity index is 693. The van der Waals surface area contributed by atoms with E-state index in [4.69, 9.17) is 9.47 Å². The number of carbonyl (C=O) groups excluding carboxylic acids is 1. The van der Waals surface area contributed by atoms with E-state index < -0.39 is 0 Å². The summed E-state index contributed by atoms with van der Waals surface area (Å²) < 4.78 is 10.3. The molecule has 0 aliphatic heterocycles. The minimum atomic E-state index is -0.283. The van der Waals surface area contributed by atoms with E-state index in [9.17, 15) is 4.79 Å². The first-order chi connectivity index (χ1) is 11.7. The van der Waals surface area contributed by atoms with Crippen LogP contribution in [0.25, 0.3) is 0 Å². The van der Waals surface area contributed by atoms with Gasteiger partial charge in [-0.05, 0) is 54.8 Å². The zero-order chi connectivity index (χ0) is 17.4. The number of thioether (sulfide) groups is 1. The zero-order valence-electron chi connectivity index (χ0n) is 14.1. The van der Waals surface area contributed by atoms with Crippen molar-refractivity contribution in [2.24, 2.45) is 0 Å². The van der Waals surface area contributed by atoms with E-state index in [2.05, 4.69) is 12.6 Å². The minimum Gasteiger partial charge on any atom is -0.497 e. The van der Waals surface area contributed by atoms with Crippen molar-refractivity contribution in [3.8, 4) is 5.75 Å². The fourth-order valence-corrected chi connectivity index (χ4v) is 3.22. The molecule has 0 fully saturated rings. The molecular formula is C20H22O3S. The smallest absolute Gasteiger partial charge is 0.338 e. The van der Waals surface area contributed by atoms with E-state index >= 15 is 0 Å². The Morgan fingerprint density at radius 2 is 1.92 bits per heavy atom. The minimum absolute atomic E-state index is 0.283. The molecule has 2 aromatic carbocycles. The number of esters is 1. The van der Waals surface area contributed by atoms with E-state index in [1.165, 1.54) is 5.56 Å². The molecule has 2 rings (SSSR count). The molecule has 0 heterocycles. The number of allylic oxidation sites excluding steroid dienone is 1. The first kappa shape index (κ1) is 18.1. The van der Waals surface area contributed by atoms with Gasteiger partial charge in [0.05, 0.1) is 19.3 Å². The van der Waals surface area contributed by atoms with Crippen LogP contribution >= 0.6 is 11.8 Å². The second kappa shape index (κ2) is 9.18. The van der Waals surface area contributed by atoms with Crippen molar-refractivity contribution in [1.29, 1.82) is 0 Å². The first-order valence-electron chi connectivity index (χ1n) is 7.84. The van der Waals surface area contributed by atoms with Gasteiger partial charge in [0.1, 0.15) is 5.75 Å². The van der Waals surface area contributed by atoms with E-state index in [0.717, 1.165) is 28.4 Å². The summed E-state index contributed by atoms with van der Waals surface area (Å²) in [7, 11) is 1.66. The molecule has 0 N–H and O–H groups in total. The second-order valence-corrected chi connectivity index (χ2v) is 6.26. The number of methoxy groups -OCH3 is 1. The van der Waals surface area contributed by atoms with E-state index in [-0.39, 0.29) is 5.97 Å². The molecule has 0 atom stereocenters. The highest BCUT2D eigenvalue weighted by molar-refractivity contribution is 7.98. The van der Waals surface area contributed by atoms with Crippen LogP contribution in [0.2, 0.25) is 0 Å². The van der Waals surface area contributed by atoms with Gasteiger partial charge in [0, 0.05) is 10.6 Å². The predicted molar refractivity (Wildman–Crippen MR) is 98.9 cm³/mol. The lowest BCUT2D eigenvalue weighted by Gasteiger charge is -2.09.